The molecule has 0 aromatic heterocycles. The molecule has 5 nitrogen and oxygen atoms in total. The molecule has 0 fully saturated rings. The molecule has 0 aliphatic carbocycles. The lowest BCUT2D eigenvalue weighted by atomic mass is 10.0. The summed E-state index contributed by atoms with van der Waals surface area (Å²) in [6, 6.07) is 2.99. The van der Waals surface area contributed by atoms with Crippen molar-refractivity contribution in [3.8, 4) is 0 Å². The van der Waals surface area contributed by atoms with Crippen LogP contribution in [0.2, 0.25) is 0 Å². The minimum absolute atomic E-state index is 0.180. The third-order valence-corrected chi connectivity index (χ3v) is 3.09. The number of hydrogen-bond donors (Lipinski definition) is 3. The fraction of sp³-hybridized carbons (Fsp3) is 0.467. The Balaban J connectivity index is 2.68. The molecule has 0 saturated heterocycles. The predicted molar refractivity (Wildman–Crippen MR) is 77.6 cm³/mol. The van der Waals surface area contributed by atoms with E-state index < -0.39 is 23.7 Å². The minimum atomic E-state index is -1.20. The van der Waals surface area contributed by atoms with E-state index in [0.717, 1.165) is 30.9 Å². The molecule has 1 aromatic carbocycles. The number of benzene rings is 1. The number of rotatable bonds is 8. The number of carbonyl (C=O) groups is 2. The summed E-state index contributed by atoms with van der Waals surface area (Å²) in [6.45, 7) is 1.88. The molecule has 0 radical (unpaired) electrons. The molecule has 21 heavy (non-hydrogen) atoms. The van der Waals surface area contributed by atoms with Crippen LogP contribution >= 0.6 is 0 Å². The third kappa shape index (κ3) is 5.91. The van der Waals surface area contributed by atoms with Gasteiger partial charge in [0.2, 0.25) is 0 Å². The second kappa shape index (κ2) is 8.36. The number of halogens is 1. The second-order valence-corrected chi connectivity index (χ2v) is 4.96. The fourth-order valence-corrected chi connectivity index (χ4v) is 1.90. The Morgan fingerprint density at radius 3 is 2.67 bits per heavy atom. The quantitative estimate of drug-likeness (QED) is 0.637. The first-order chi connectivity index (χ1) is 9.93. The molecule has 0 spiro atoms. The first kappa shape index (κ1) is 17.1. The lowest BCUT2D eigenvalue weighted by Crippen LogP contribution is -2.42. The van der Waals surface area contributed by atoms with Gasteiger partial charge in [0.05, 0.1) is 0 Å². The zero-order chi connectivity index (χ0) is 15.8. The number of carboxylic acid groups (broad SMARTS) is 1. The summed E-state index contributed by atoms with van der Waals surface area (Å²) in [5.41, 5.74) is 6.24. The molecular weight excluding hydrogens is 275 g/mol. The van der Waals surface area contributed by atoms with Crippen LogP contribution in [0.25, 0.3) is 0 Å². The van der Waals surface area contributed by atoms with Gasteiger partial charge >= 0.3 is 5.97 Å². The Morgan fingerprint density at radius 1 is 1.33 bits per heavy atom. The van der Waals surface area contributed by atoms with Gasteiger partial charge in [0, 0.05) is 12.1 Å². The molecule has 6 heteroatoms. The SMILES string of the molecule is CCCCCc1cc(F)cc(C(=O)NC[C@@H](N)C(=O)O)c1. The van der Waals surface area contributed by atoms with Crippen LogP contribution in [0.5, 0.6) is 0 Å². The van der Waals surface area contributed by atoms with E-state index in [1.807, 2.05) is 0 Å². The highest BCUT2D eigenvalue weighted by molar-refractivity contribution is 5.94. The summed E-state index contributed by atoms with van der Waals surface area (Å²) < 4.78 is 13.5. The number of unbranched alkanes of at least 4 members (excludes halogenated alkanes) is 2. The van der Waals surface area contributed by atoms with Crippen LogP contribution in [0.3, 0.4) is 0 Å². The molecule has 0 aliphatic rings. The molecule has 1 atom stereocenters. The summed E-state index contributed by atoms with van der Waals surface area (Å²) in [5.74, 6) is -2.20. The van der Waals surface area contributed by atoms with E-state index in [-0.39, 0.29) is 12.1 Å². The fourth-order valence-electron chi connectivity index (χ4n) is 1.90. The Bertz CT molecular complexity index is 506. The van der Waals surface area contributed by atoms with Gasteiger partial charge in [-0.2, -0.15) is 0 Å². The molecule has 1 rings (SSSR count). The minimum Gasteiger partial charge on any atom is -0.480 e. The van der Waals surface area contributed by atoms with Gasteiger partial charge < -0.3 is 16.2 Å². The van der Waals surface area contributed by atoms with Crippen molar-refractivity contribution in [1.29, 1.82) is 0 Å². The molecule has 116 valence electrons. The molecule has 4 N–H and O–H groups in total. The number of nitrogens with one attached hydrogen (secondary N) is 1. The van der Waals surface area contributed by atoms with E-state index in [0.29, 0.717) is 6.42 Å². The standard InChI is InChI=1S/C15H21FN2O3/c1-2-3-4-5-10-6-11(8-12(16)7-10)14(19)18-9-13(17)15(20)21/h6-8,13H,2-5,9,17H2,1H3,(H,18,19)(H,20,21)/t13-/m1/s1. The van der Waals surface area contributed by atoms with Crippen molar-refractivity contribution >= 4 is 11.9 Å². The van der Waals surface area contributed by atoms with Crippen molar-refractivity contribution in [2.75, 3.05) is 6.54 Å². The summed E-state index contributed by atoms with van der Waals surface area (Å²) in [7, 11) is 0. The van der Waals surface area contributed by atoms with Gasteiger partial charge in [-0.15, -0.1) is 0 Å². The molecule has 0 heterocycles. The van der Waals surface area contributed by atoms with E-state index in [9.17, 15) is 14.0 Å². The van der Waals surface area contributed by atoms with Gasteiger partial charge in [0.25, 0.3) is 5.91 Å². The van der Waals surface area contributed by atoms with Crippen molar-refractivity contribution in [2.24, 2.45) is 5.73 Å². The number of nitrogens with two attached hydrogens (primary N) is 1. The van der Waals surface area contributed by atoms with E-state index in [1.165, 1.54) is 6.07 Å². The maximum Gasteiger partial charge on any atom is 0.322 e. The Morgan fingerprint density at radius 2 is 2.05 bits per heavy atom. The molecule has 0 aliphatic heterocycles. The maximum atomic E-state index is 13.5. The smallest absolute Gasteiger partial charge is 0.322 e. The van der Waals surface area contributed by atoms with Gasteiger partial charge in [-0.3, -0.25) is 9.59 Å². The van der Waals surface area contributed by atoms with E-state index in [2.05, 4.69) is 12.2 Å². The predicted octanol–water partition coefficient (Wildman–Crippen LogP) is 1.70. The van der Waals surface area contributed by atoms with Crippen LogP contribution < -0.4 is 11.1 Å². The highest BCUT2D eigenvalue weighted by Crippen LogP contribution is 2.12. The Hall–Kier alpha value is -1.95. The highest BCUT2D eigenvalue weighted by Gasteiger charge is 2.14. The van der Waals surface area contributed by atoms with Crippen LogP contribution in [0, 0.1) is 5.82 Å². The number of aryl methyl sites for hydroxylation is 1. The first-order valence-corrected chi connectivity index (χ1v) is 7.00. The normalized spacial score (nSPS) is 12.0. The number of amides is 1. The van der Waals surface area contributed by atoms with Gasteiger partial charge in [-0.1, -0.05) is 19.8 Å². The first-order valence-electron chi connectivity index (χ1n) is 7.00. The van der Waals surface area contributed by atoms with Crippen molar-refractivity contribution in [1.82, 2.24) is 5.32 Å². The molecular formula is C15H21FN2O3. The summed E-state index contributed by atoms with van der Waals surface area (Å²) in [4.78, 5) is 22.4. The molecule has 1 aromatic rings. The zero-order valence-corrected chi connectivity index (χ0v) is 12.1. The van der Waals surface area contributed by atoms with Gasteiger partial charge in [0.15, 0.2) is 0 Å². The second-order valence-electron chi connectivity index (χ2n) is 4.96. The summed E-state index contributed by atoms with van der Waals surface area (Å²) in [6.07, 6.45) is 3.76. The average Bonchev–Trinajstić information content (AvgIpc) is 2.43. The van der Waals surface area contributed by atoms with Crippen LogP contribution in [0.4, 0.5) is 4.39 Å². The van der Waals surface area contributed by atoms with Crippen molar-refractivity contribution in [2.45, 2.75) is 38.6 Å². The maximum absolute atomic E-state index is 13.5. The van der Waals surface area contributed by atoms with Crippen molar-refractivity contribution < 1.29 is 19.1 Å². The van der Waals surface area contributed by atoms with Crippen LogP contribution in [0.1, 0.15) is 42.1 Å². The molecule has 0 unspecified atom stereocenters. The molecule has 0 bridgehead atoms. The number of aliphatic carboxylic acids is 1. The molecule has 0 saturated carbocycles. The van der Waals surface area contributed by atoms with Gasteiger partial charge in [0.1, 0.15) is 11.9 Å². The lowest BCUT2D eigenvalue weighted by molar-refractivity contribution is -0.138. The van der Waals surface area contributed by atoms with Crippen molar-refractivity contribution in [3.63, 3.8) is 0 Å². The summed E-state index contributed by atoms with van der Waals surface area (Å²) >= 11 is 0. The Labute approximate surface area is 123 Å². The number of carboxylic acids is 1. The number of hydrogen-bond acceptors (Lipinski definition) is 3. The van der Waals surface area contributed by atoms with E-state index in [1.54, 1.807) is 6.07 Å². The van der Waals surface area contributed by atoms with Gasteiger partial charge in [-0.25, -0.2) is 4.39 Å². The van der Waals surface area contributed by atoms with Crippen molar-refractivity contribution in [3.05, 3.63) is 35.1 Å². The molecule has 1 amide bonds. The number of carbonyl (C=O) groups excluding carboxylic acids is 1. The monoisotopic (exact) mass is 296 g/mol. The van der Waals surface area contributed by atoms with Crippen LogP contribution in [-0.2, 0) is 11.2 Å². The van der Waals surface area contributed by atoms with E-state index in [4.69, 9.17) is 10.8 Å². The van der Waals surface area contributed by atoms with E-state index >= 15 is 0 Å². The zero-order valence-electron chi connectivity index (χ0n) is 12.1. The van der Waals surface area contributed by atoms with Crippen LogP contribution in [0.15, 0.2) is 18.2 Å². The topological polar surface area (TPSA) is 92.4 Å². The summed E-state index contributed by atoms with van der Waals surface area (Å²) in [5, 5.41) is 11.0. The average molecular weight is 296 g/mol. The highest BCUT2D eigenvalue weighted by atomic mass is 19.1. The van der Waals surface area contributed by atoms with Crippen LogP contribution in [-0.4, -0.2) is 29.6 Å². The van der Waals surface area contributed by atoms with Gasteiger partial charge in [-0.05, 0) is 36.6 Å². The third-order valence-electron chi connectivity index (χ3n) is 3.09. The largest absolute Gasteiger partial charge is 0.480 e. The lowest BCUT2D eigenvalue weighted by Gasteiger charge is -2.10. The Kier molecular flexibility index (Phi) is 6.81.